The summed E-state index contributed by atoms with van der Waals surface area (Å²) in [6, 6.07) is 0. The smallest absolute Gasteiger partial charge is 0.270 e. The summed E-state index contributed by atoms with van der Waals surface area (Å²) in [5.41, 5.74) is 0. The Kier molecular flexibility index (Phi) is 3.30. The first kappa shape index (κ1) is 10.0. The van der Waals surface area contributed by atoms with Gasteiger partial charge in [0, 0.05) is 14.1 Å². The van der Waals surface area contributed by atoms with E-state index < -0.39 is 0 Å². The minimum absolute atomic E-state index is 0.370. The molecule has 70 valence electrons. The molecule has 0 bridgehead atoms. The Morgan fingerprint density at radius 3 is 2.62 bits per heavy atom. The second-order valence-electron chi connectivity index (χ2n) is 2.63. The lowest BCUT2D eigenvalue weighted by Gasteiger charge is -2.09. The maximum absolute atomic E-state index is 4.14. The highest BCUT2D eigenvalue weighted by Crippen LogP contribution is 2.05. The number of hydrogen-bond donors (Lipinski definition) is 0. The van der Waals surface area contributed by atoms with Gasteiger partial charge in [0.25, 0.3) is 5.95 Å². The van der Waals surface area contributed by atoms with Crippen LogP contribution in [0.5, 0.6) is 0 Å². The van der Waals surface area contributed by atoms with Crippen molar-refractivity contribution in [2.45, 2.75) is 6.92 Å². The van der Waals surface area contributed by atoms with Crippen molar-refractivity contribution in [3.05, 3.63) is 10.8 Å². The molecule has 0 radical (unpaired) electrons. The van der Waals surface area contributed by atoms with Gasteiger partial charge in [-0.15, -0.1) is 10.2 Å². The average molecular weight is 244 g/mol. The SMILES string of the molecule is CC(=Nc1ncc(Br)nn1)N(C)C. The van der Waals surface area contributed by atoms with Gasteiger partial charge in [0.2, 0.25) is 0 Å². The number of aromatic nitrogens is 3. The van der Waals surface area contributed by atoms with Gasteiger partial charge in [-0.3, -0.25) is 0 Å². The van der Waals surface area contributed by atoms with Crippen molar-refractivity contribution < 1.29 is 0 Å². The van der Waals surface area contributed by atoms with Crippen LogP contribution in [0.25, 0.3) is 0 Å². The monoisotopic (exact) mass is 243 g/mol. The number of rotatable bonds is 1. The van der Waals surface area contributed by atoms with Crippen molar-refractivity contribution in [3.63, 3.8) is 0 Å². The lowest BCUT2D eigenvalue weighted by atomic mass is 10.6. The van der Waals surface area contributed by atoms with Crippen LogP contribution in [0.15, 0.2) is 15.8 Å². The normalized spacial score (nSPS) is 11.5. The summed E-state index contributed by atoms with van der Waals surface area (Å²) < 4.78 is 0.606. The molecule has 13 heavy (non-hydrogen) atoms. The average Bonchev–Trinajstić information content (AvgIpc) is 2.08. The fourth-order valence-electron chi connectivity index (χ4n) is 0.551. The minimum Gasteiger partial charge on any atom is -0.366 e. The van der Waals surface area contributed by atoms with Gasteiger partial charge in [-0.2, -0.15) is 4.99 Å². The van der Waals surface area contributed by atoms with Gasteiger partial charge in [0.15, 0.2) is 0 Å². The standard InChI is InChI=1S/C7H10BrN5/c1-5(13(2)3)10-7-9-4-6(8)11-12-7/h4H,1-3H3. The highest BCUT2D eigenvalue weighted by Gasteiger charge is 1.97. The van der Waals surface area contributed by atoms with Crippen molar-refractivity contribution in [2.75, 3.05) is 14.1 Å². The van der Waals surface area contributed by atoms with Gasteiger partial charge in [-0.1, -0.05) is 0 Å². The summed E-state index contributed by atoms with van der Waals surface area (Å²) in [4.78, 5) is 9.98. The van der Waals surface area contributed by atoms with Crippen LogP contribution in [0.3, 0.4) is 0 Å². The number of halogens is 1. The van der Waals surface area contributed by atoms with Crippen molar-refractivity contribution in [1.29, 1.82) is 0 Å². The first-order valence-corrected chi connectivity index (χ1v) is 4.46. The van der Waals surface area contributed by atoms with Crippen molar-refractivity contribution in [3.8, 4) is 0 Å². The molecule has 0 saturated heterocycles. The summed E-state index contributed by atoms with van der Waals surface area (Å²) in [6.45, 7) is 1.88. The van der Waals surface area contributed by atoms with Crippen molar-refractivity contribution >= 4 is 27.7 Å². The molecule has 0 aliphatic heterocycles. The summed E-state index contributed by atoms with van der Waals surface area (Å²) in [5, 5.41) is 7.55. The molecule has 0 aliphatic carbocycles. The number of nitrogens with zero attached hydrogens (tertiary/aromatic N) is 5. The first-order valence-electron chi connectivity index (χ1n) is 3.67. The predicted octanol–water partition coefficient (Wildman–Crippen LogP) is 1.25. The third-order valence-electron chi connectivity index (χ3n) is 1.43. The van der Waals surface area contributed by atoms with E-state index in [1.807, 2.05) is 25.9 Å². The lowest BCUT2D eigenvalue weighted by Crippen LogP contribution is -2.18. The zero-order valence-electron chi connectivity index (χ0n) is 7.69. The molecule has 0 unspecified atom stereocenters. The molecule has 1 aromatic heterocycles. The summed E-state index contributed by atoms with van der Waals surface area (Å²) in [6.07, 6.45) is 1.56. The highest BCUT2D eigenvalue weighted by molar-refractivity contribution is 9.10. The van der Waals surface area contributed by atoms with E-state index in [1.165, 1.54) is 0 Å². The fourth-order valence-corrected chi connectivity index (χ4v) is 0.733. The second-order valence-corrected chi connectivity index (χ2v) is 3.45. The molecular formula is C7H10BrN5. The molecule has 0 spiro atoms. The Labute approximate surface area is 85.0 Å². The third-order valence-corrected chi connectivity index (χ3v) is 1.79. The fraction of sp³-hybridized carbons (Fsp3) is 0.429. The zero-order chi connectivity index (χ0) is 9.84. The van der Waals surface area contributed by atoms with Gasteiger partial charge in [-0.25, -0.2) is 4.98 Å². The molecule has 0 amide bonds. The summed E-state index contributed by atoms with van der Waals surface area (Å²) in [5.74, 6) is 1.21. The molecule has 1 rings (SSSR count). The Morgan fingerprint density at radius 1 is 1.46 bits per heavy atom. The molecule has 6 heteroatoms. The molecule has 1 aromatic rings. The van der Waals surface area contributed by atoms with E-state index in [2.05, 4.69) is 36.1 Å². The number of hydrogen-bond acceptors (Lipinski definition) is 4. The van der Waals surface area contributed by atoms with E-state index in [-0.39, 0.29) is 0 Å². The number of aliphatic imine (C=N–C) groups is 1. The first-order chi connectivity index (χ1) is 6.09. The predicted molar refractivity (Wildman–Crippen MR) is 54.0 cm³/mol. The van der Waals surface area contributed by atoms with Crippen LogP contribution in [0.2, 0.25) is 0 Å². The maximum atomic E-state index is 4.14. The van der Waals surface area contributed by atoms with E-state index >= 15 is 0 Å². The second kappa shape index (κ2) is 4.27. The van der Waals surface area contributed by atoms with Crippen LogP contribution in [0.4, 0.5) is 5.95 Å². The van der Waals surface area contributed by atoms with Crippen LogP contribution in [-0.2, 0) is 0 Å². The number of amidine groups is 1. The molecule has 5 nitrogen and oxygen atoms in total. The summed E-state index contributed by atoms with van der Waals surface area (Å²) >= 11 is 3.15. The Hall–Kier alpha value is -1.04. The maximum Gasteiger partial charge on any atom is 0.270 e. The van der Waals surface area contributed by atoms with Crippen LogP contribution >= 0.6 is 15.9 Å². The van der Waals surface area contributed by atoms with Gasteiger partial charge in [0.1, 0.15) is 10.4 Å². The van der Waals surface area contributed by atoms with Gasteiger partial charge in [-0.05, 0) is 22.9 Å². The molecule has 0 fully saturated rings. The molecule has 0 saturated carbocycles. The Bertz CT molecular complexity index is 305. The Balaban J connectivity index is 2.85. The molecule has 1 heterocycles. The van der Waals surface area contributed by atoms with Crippen LogP contribution in [0, 0.1) is 0 Å². The molecule has 0 atom stereocenters. The Morgan fingerprint density at radius 2 is 2.15 bits per heavy atom. The minimum atomic E-state index is 0.370. The van der Waals surface area contributed by atoms with Crippen LogP contribution in [0.1, 0.15) is 6.92 Å². The van der Waals surface area contributed by atoms with Gasteiger partial charge < -0.3 is 4.90 Å². The van der Waals surface area contributed by atoms with E-state index in [1.54, 1.807) is 6.20 Å². The summed E-state index contributed by atoms with van der Waals surface area (Å²) in [7, 11) is 3.82. The van der Waals surface area contributed by atoms with Gasteiger partial charge in [0.05, 0.1) is 6.20 Å². The molecule has 0 N–H and O–H groups in total. The van der Waals surface area contributed by atoms with Crippen molar-refractivity contribution in [2.24, 2.45) is 4.99 Å². The largest absolute Gasteiger partial charge is 0.366 e. The van der Waals surface area contributed by atoms with E-state index in [0.29, 0.717) is 10.6 Å². The molecule has 0 aliphatic rings. The zero-order valence-corrected chi connectivity index (χ0v) is 9.28. The highest BCUT2D eigenvalue weighted by atomic mass is 79.9. The third kappa shape index (κ3) is 3.06. The van der Waals surface area contributed by atoms with E-state index in [0.717, 1.165) is 5.84 Å². The topological polar surface area (TPSA) is 54.3 Å². The van der Waals surface area contributed by atoms with Gasteiger partial charge >= 0.3 is 0 Å². The van der Waals surface area contributed by atoms with Crippen LogP contribution < -0.4 is 0 Å². The van der Waals surface area contributed by atoms with E-state index in [9.17, 15) is 0 Å². The van der Waals surface area contributed by atoms with Crippen LogP contribution in [-0.4, -0.2) is 40.0 Å². The van der Waals surface area contributed by atoms with E-state index in [4.69, 9.17) is 0 Å². The lowest BCUT2D eigenvalue weighted by molar-refractivity contribution is 0.617. The quantitative estimate of drug-likeness (QED) is 0.551. The molecular weight excluding hydrogens is 234 g/mol. The van der Waals surface area contributed by atoms with Crippen molar-refractivity contribution in [1.82, 2.24) is 20.1 Å². The molecule has 0 aromatic carbocycles.